The third-order valence-electron chi connectivity index (χ3n) is 2.40. The van der Waals surface area contributed by atoms with Crippen molar-refractivity contribution in [2.24, 2.45) is 0 Å². The Morgan fingerprint density at radius 2 is 2.33 bits per heavy atom. The van der Waals surface area contributed by atoms with E-state index in [1.54, 1.807) is 0 Å². The summed E-state index contributed by atoms with van der Waals surface area (Å²) in [5.74, 6) is 0.0969. The lowest BCUT2D eigenvalue weighted by Gasteiger charge is -2.27. The highest BCUT2D eigenvalue weighted by Crippen LogP contribution is 2.12. The minimum atomic E-state index is 0.0969. The van der Waals surface area contributed by atoms with Crippen molar-refractivity contribution in [3.8, 4) is 0 Å². The molecule has 2 rings (SSSR count). The van der Waals surface area contributed by atoms with E-state index >= 15 is 0 Å². The summed E-state index contributed by atoms with van der Waals surface area (Å²) in [6, 6.07) is 8.15. The first kappa shape index (κ1) is 10.6. The Morgan fingerprint density at radius 1 is 1.53 bits per heavy atom. The maximum absolute atomic E-state index is 11.6. The third kappa shape index (κ3) is 3.04. The first-order chi connectivity index (χ1) is 7.24. The predicted octanol–water partition coefficient (Wildman–Crippen LogP) is 1.08. The van der Waals surface area contributed by atoms with Gasteiger partial charge < -0.3 is 10.6 Å². The Bertz CT molecular complexity index is 363. The van der Waals surface area contributed by atoms with E-state index in [0.717, 1.165) is 23.1 Å². The molecule has 1 saturated heterocycles. The standard InChI is InChI=1S/C11H13BrN2O/c12-9-3-1-2-8(4-9)5-11(15)14-10-6-13-7-10/h1-4,10,13H,5-7H2,(H,14,15). The molecule has 1 aromatic rings. The van der Waals surface area contributed by atoms with Gasteiger partial charge in [-0.25, -0.2) is 0 Å². The Kier molecular flexibility index (Phi) is 3.38. The second-order valence-electron chi connectivity index (χ2n) is 3.73. The lowest BCUT2D eigenvalue weighted by molar-refractivity contribution is -0.121. The molecule has 80 valence electrons. The van der Waals surface area contributed by atoms with Crippen LogP contribution in [0.25, 0.3) is 0 Å². The fourth-order valence-corrected chi connectivity index (χ4v) is 1.95. The number of carbonyl (C=O) groups excluding carboxylic acids is 1. The summed E-state index contributed by atoms with van der Waals surface area (Å²) in [5.41, 5.74) is 1.04. The van der Waals surface area contributed by atoms with Gasteiger partial charge in [0.15, 0.2) is 0 Å². The molecule has 0 spiro atoms. The molecule has 15 heavy (non-hydrogen) atoms. The van der Waals surface area contributed by atoms with Crippen molar-refractivity contribution in [3.63, 3.8) is 0 Å². The number of hydrogen-bond donors (Lipinski definition) is 2. The molecule has 1 heterocycles. The molecular weight excluding hydrogens is 256 g/mol. The van der Waals surface area contributed by atoms with Crippen molar-refractivity contribution >= 4 is 21.8 Å². The predicted molar refractivity (Wildman–Crippen MR) is 62.6 cm³/mol. The molecule has 0 aromatic heterocycles. The number of carbonyl (C=O) groups is 1. The van der Waals surface area contributed by atoms with Crippen LogP contribution in [-0.2, 0) is 11.2 Å². The zero-order valence-electron chi connectivity index (χ0n) is 8.29. The summed E-state index contributed by atoms with van der Waals surface area (Å²) in [6.07, 6.45) is 0.454. The van der Waals surface area contributed by atoms with Crippen LogP contribution in [-0.4, -0.2) is 25.0 Å². The van der Waals surface area contributed by atoms with Gasteiger partial charge in [-0.1, -0.05) is 28.1 Å². The molecule has 1 aromatic carbocycles. The molecule has 1 aliphatic heterocycles. The summed E-state index contributed by atoms with van der Waals surface area (Å²) < 4.78 is 1.01. The second kappa shape index (κ2) is 4.77. The normalized spacial score (nSPS) is 15.8. The minimum absolute atomic E-state index is 0.0969. The van der Waals surface area contributed by atoms with Crippen molar-refractivity contribution in [2.45, 2.75) is 12.5 Å². The van der Waals surface area contributed by atoms with Crippen LogP contribution in [0.2, 0.25) is 0 Å². The lowest BCUT2D eigenvalue weighted by Crippen LogP contribution is -2.57. The number of benzene rings is 1. The molecular formula is C11H13BrN2O. The summed E-state index contributed by atoms with van der Waals surface area (Å²) in [7, 11) is 0. The first-order valence-electron chi connectivity index (χ1n) is 4.98. The van der Waals surface area contributed by atoms with Crippen molar-refractivity contribution in [1.29, 1.82) is 0 Å². The highest BCUT2D eigenvalue weighted by atomic mass is 79.9. The van der Waals surface area contributed by atoms with Gasteiger partial charge in [-0.3, -0.25) is 4.79 Å². The molecule has 0 aliphatic carbocycles. The number of rotatable bonds is 3. The summed E-state index contributed by atoms with van der Waals surface area (Å²) in [5, 5.41) is 6.08. The molecule has 0 bridgehead atoms. The fourth-order valence-electron chi connectivity index (χ4n) is 1.50. The van der Waals surface area contributed by atoms with E-state index in [0.29, 0.717) is 12.5 Å². The first-order valence-corrected chi connectivity index (χ1v) is 5.78. The van der Waals surface area contributed by atoms with E-state index in [2.05, 4.69) is 26.6 Å². The monoisotopic (exact) mass is 268 g/mol. The topological polar surface area (TPSA) is 41.1 Å². The van der Waals surface area contributed by atoms with E-state index in [1.165, 1.54) is 0 Å². The van der Waals surface area contributed by atoms with Crippen molar-refractivity contribution in [3.05, 3.63) is 34.3 Å². The van der Waals surface area contributed by atoms with E-state index in [9.17, 15) is 4.79 Å². The Balaban J connectivity index is 1.87. The van der Waals surface area contributed by atoms with Gasteiger partial charge in [-0.2, -0.15) is 0 Å². The van der Waals surface area contributed by atoms with Crippen LogP contribution in [0.1, 0.15) is 5.56 Å². The highest BCUT2D eigenvalue weighted by Gasteiger charge is 2.18. The van der Waals surface area contributed by atoms with E-state index in [1.807, 2.05) is 24.3 Å². The van der Waals surface area contributed by atoms with Gasteiger partial charge in [0.2, 0.25) is 5.91 Å². The van der Waals surface area contributed by atoms with E-state index in [-0.39, 0.29) is 5.91 Å². The van der Waals surface area contributed by atoms with Crippen LogP contribution < -0.4 is 10.6 Å². The van der Waals surface area contributed by atoms with Crippen LogP contribution in [0.15, 0.2) is 28.7 Å². The Morgan fingerprint density at radius 3 is 2.93 bits per heavy atom. The average molecular weight is 269 g/mol. The Hall–Kier alpha value is -0.870. The molecule has 0 saturated carbocycles. The number of nitrogens with one attached hydrogen (secondary N) is 2. The summed E-state index contributed by atoms with van der Waals surface area (Å²) in [4.78, 5) is 11.6. The number of amides is 1. The molecule has 1 fully saturated rings. The molecule has 1 amide bonds. The average Bonchev–Trinajstić information content (AvgIpc) is 2.11. The van der Waals surface area contributed by atoms with Gasteiger partial charge in [0, 0.05) is 17.6 Å². The second-order valence-corrected chi connectivity index (χ2v) is 4.65. The maximum atomic E-state index is 11.6. The van der Waals surface area contributed by atoms with Crippen molar-refractivity contribution < 1.29 is 4.79 Å². The van der Waals surface area contributed by atoms with Crippen LogP contribution >= 0.6 is 15.9 Å². The van der Waals surface area contributed by atoms with Gasteiger partial charge in [0.25, 0.3) is 0 Å². The van der Waals surface area contributed by atoms with Gasteiger partial charge in [-0.15, -0.1) is 0 Å². The largest absolute Gasteiger partial charge is 0.351 e. The summed E-state index contributed by atoms with van der Waals surface area (Å²) >= 11 is 3.39. The number of hydrogen-bond acceptors (Lipinski definition) is 2. The van der Waals surface area contributed by atoms with E-state index < -0.39 is 0 Å². The molecule has 2 N–H and O–H groups in total. The van der Waals surface area contributed by atoms with Gasteiger partial charge in [0.1, 0.15) is 0 Å². The molecule has 3 nitrogen and oxygen atoms in total. The quantitative estimate of drug-likeness (QED) is 0.862. The van der Waals surface area contributed by atoms with Gasteiger partial charge in [-0.05, 0) is 17.7 Å². The van der Waals surface area contributed by atoms with Gasteiger partial charge in [0.05, 0.1) is 12.5 Å². The van der Waals surface area contributed by atoms with Crippen LogP contribution in [0, 0.1) is 0 Å². The molecule has 0 unspecified atom stereocenters. The molecule has 0 radical (unpaired) electrons. The minimum Gasteiger partial charge on any atom is -0.351 e. The lowest BCUT2D eigenvalue weighted by atomic mass is 10.1. The molecule has 1 aliphatic rings. The SMILES string of the molecule is O=C(Cc1cccc(Br)c1)NC1CNC1. The van der Waals surface area contributed by atoms with Crippen LogP contribution in [0.5, 0.6) is 0 Å². The fraction of sp³-hybridized carbons (Fsp3) is 0.364. The van der Waals surface area contributed by atoms with Crippen molar-refractivity contribution in [2.75, 3.05) is 13.1 Å². The molecule has 4 heteroatoms. The van der Waals surface area contributed by atoms with Crippen molar-refractivity contribution in [1.82, 2.24) is 10.6 Å². The van der Waals surface area contributed by atoms with Crippen LogP contribution in [0.3, 0.4) is 0 Å². The smallest absolute Gasteiger partial charge is 0.224 e. The number of halogens is 1. The Labute approximate surface area is 97.4 Å². The summed E-state index contributed by atoms with van der Waals surface area (Å²) in [6.45, 7) is 1.79. The third-order valence-corrected chi connectivity index (χ3v) is 2.89. The zero-order valence-corrected chi connectivity index (χ0v) is 9.88. The molecule has 0 atom stereocenters. The van der Waals surface area contributed by atoms with Gasteiger partial charge >= 0.3 is 0 Å². The maximum Gasteiger partial charge on any atom is 0.224 e. The van der Waals surface area contributed by atoms with Crippen LogP contribution in [0.4, 0.5) is 0 Å². The van der Waals surface area contributed by atoms with E-state index in [4.69, 9.17) is 0 Å². The zero-order chi connectivity index (χ0) is 10.7. The highest BCUT2D eigenvalue weighted by molar-refractivity contribution is 9.10.